The summed E-state index contributed by atoms with van der Waals surface area (Å²) in [5.74, 6) is -0.629. The minimum Gasteiger partial charge on any atom is -0.378 e. The molecule has 2 aliphatic heterocycles. The largest absolute Gasteiger partial charge is 0.378 e. The fraction of sp³-hybridized carbons (Fsp3) is 0.273. The molecule has 2 aromatic carbocycles. The van der Waals surface area contributed by atoms with Gasteiger partial charge in [0, 0.05) is 37.9 Å². The van der Waals surface area contributed by atoms with E-state index in [0.717, 1.165) is 5.69 Å². The molecule has 7 heteroatoms. The van der Waals surface area contributed by atoms with E-state index in [1.165, 1.54) is 4.90 Å². The molecule has 0 atom stereocenters. The number of carbonyl (C=O) groups is 2. The molecule has 1 saturated heterocycles. The fourth-order valence-electron chi connectivity index (χ4n) is 3.61. The number of hydrogen-bond acceptors (Lipinski definition) is 5. The lowest BCUT2D eigenvalue weighted by Crippen LogP contribution is -2.40. The third-order valence-corrected chi connectivity index (χ3v) is 5.40. The van der Waals surface area contributed by atoms with E-state index in [-0.39, 0.29) is 11.8 Å². The van der Waals surface area contributed by atoms with E-state index in [9.17, 15) is 9.59 Å². The Morgan fingerprint density at radius 3 is 2.10 bits per heavy atom. The summed E-state index contributed by atoms with van der Waals surface area (Å²) in [5, 5.41) is 0.579. The molecule has 0 bridgehead atoms. The van der Waals surface area contributed by atoms with Crippen molar-refractivity contribution < 1.29 is 14.3 Å². The fourth-order valence-corrected chi connectivity index (χ4v) is 3.74. The number of amides is 2. The molecule has 0 spiro atoms. The van der Waals surface area contributed by atoms with Crippen LogP contribution in [0.1, 0.15) is 5.56 Å². The number of rotatable bonds is 4. The van der Waals surface area contributed by atoms with Gasteiger partial charge in [-0.1, -0.05) is 23.7 Å². The third kappa shape index (κ3) is 3.61. The predicted molar refractivity (Wildman–Crippen MR) is 114 cm³/mol. The molecule has 29 heavy (non-hydrogen) atoms. The van der Waals surface area contributed by atoms with Gasteiger partial charge >= 0.3 is 0 Å². The average molecular weight is 412 g/mol. The zero-order valence-corrected chi connectivity index (χ0v) is 17.1. The number of nitrogens with zero attached hydrogens (tertiary/aromatic N) is 3. The van der Waals surface area contributed by atoms with Crippen molar-refractivity contribution >= 4 is 40.4 Å². The van der Waals surface area contributed by atoms with Gasteiger partial charge < -0.3 is 14.5 Å². The molecule has 0 N–H and O–H groups in total. The number of ether oxygens (including phenoxy) is 1. The number of benzene rings is 2. The first-order valence-electron chi connectivity index (χ1n) is 9.46. The molecule has 2 aromatic rings. The van der Waals surface area contributed by atoms with Crippen LogP contribution in [0.15, 0.2) is 54.2 Å². The second-order valence-electron chi connectivity index (χ2n) is 7.19. The Balaban J connectivity index is 1.77. The van der Waals surface area contributed by atoms with Gasteiger partial charge in [-0.15, -0.1) is 0 Å². The molecular formula is C22H22ClN3O3. The van der Waals surface area contributed by atoms with Gasteiger partial charge in [-0.05, 0) is 42.0 Å². The Labute approximate surface area is 174 Å². The second-order valence-corrected chi connectivity index (χ2v) is 7.62. The zero-order chi connectivity index (χ0) is 20.5. The topological polar surface area (TPSA) is 53.1 Å². The Kier molecular flexibility index (Phi) is 5.30. The molecule has 2 aliphatic rings. The van der Waals surface area contributed by atoms with Crippen LogP contribution in [0.4, 0.5) is 11.4 Å². The smallest absolute Gasteiger partial charge is 0.282 e. The Hall–Kier alpha value is -2.83. The third-order valence-electron chi connectivity index (χ3n) is 5.14. The second kappa shape index (κ2) is 7.89. The van der Waals surface area contributed by atoms with Gasteiger partial charge in [-0.2, -0.15) is 0 Å². The molecular weight excluding hydrogens is 390 g/mol. The number of morpholine rings is 1. The molecule has 4 rings (SSSR count). The lowest BCUT2D eigenvalue weighted by Gasteiger charge is -2.29. The molecule has 0 unspecified atom stereocenters. The minimum atomic E-state index is -0.323. The molecule has 0 aliphatic carbocycles. The van der Waals surface area contributed by atoms with Crippen molar-refractivity contribution in [2.45, 2.75) is 0 Å². The number of imide groups is 1. The number of anilines is 2. The van der Waals surface area contributed by atoms with Crippen LogP contribution in [0.2, 0.25) is 5.02 Å². The summed E-state index contributed by atoms with van der Waals surface area (Å²) in [4.78, 5) is 32.0. The van der Waals surface area contributed by atoms with Crippen LogP contribution >= 0.6 is 11.6 Å². The maximum Gasteiger partial charge on any atom is 0.282 e. The summed E-state index contributed by atoms with van der Waals surface area (Å²) < 4.78 is 5.43. The van der Waals surface area contributed by atoms with Crippen LogP contribution in [-0.4, -0.2) is 57.1 Å². The van der Waals surface area contributed by atoms with Gasteiger partial charge in [-0.3, -0.25) is 9.59 Å². The van der Waals surface area contributed by atoms with Crippen molar-refractivity contribution in [3.63, 3.8) is 0 Å². The maximum absolute atomic E-state index is 13.4. The van der Waals surface area contributed by atoms with Gasteiger partial charge in [0.25, 0.3) is 11.8 Å². The van der Waals surface area contributed by atoms with Gasteiger partial charge in [0.15, 0.2) is 0 Å². The summed E-state index contributed by atoms with van der Waals surface area (Å²) in [7, 11) is 3.88. The summed E-state index contributed by atoms with van der Waals surface area (Å²) in [6, 6.07) is 14.4. The van der Waals surface area contributed by atoms with Crippen LogP contribution in [0.5, 0.6) is 0 Å². The van der Waals surface area contributed by atoms with E-state index in [0.29, 0.717) is 53.8 Å². The van der Waals surface area contributed by atoms with Gasteiger partial charge in [0.1, 0.15) is 5.70 Å². The van der Waals surface area contributed by atoms with Gasteiger partial charge in [-0.25, -0.2) is 4.90 Å². The summed E-state index contributed by atoms with van der Waals surface area (Å²) in [6.07, 6.45) is 0. The van der Waals surface area contributed by atoms with E-state index >= 15 is 0 Å². The average Bonchev–Trinajstić information content (AvgIpc) is 2.99. The van der Waals surface area contributed by atoms with Crippen LogP contribution in [0.3, 0.4) is 0 Å². The first-order chi connectivity index (χ1) is 14.0. The van der Waals surface area contributed by atoms with Crippen molar-refractivity contribution in [2.24, 2.45) is 0 Å². The molecule has 2 amide bonds. The molecule has 0 radical (unpaired) electrons. The lowest BCUT2D eigenvalue weighted by molar-refractivity contribution is -0.121. The van der Waals surface area contributed by atoms with E-state index in [2.05, 4.69) is 0 Å². The summed E-state index contributed by atoms with van der Waals surface area (Å²) in [5.41, 5.74) is 3.07. The summed E-state index contributed by atoms with van der Waals surface area (Å²) >= 11 is 6.02. The van der Waals surface area contributed by atoms with Crippen molar-refractivity contribution in [1.29, 1.82) is 0 Å². The quantitative estimate of drug-likeness (QED) is 0.724. The SMILES string of the molecule is CN(C)c1ccc(N2C(=O)C(c3ccc(Cl)cc3)=C(N3CCOCC3)C2=O)cc1. The van der Waals surface area contributed by atoms with Gasteiger partial charge in [0.05, 0.1) is 24.5 Å². The Bertz CT molecular complexity index is 962. The highest BCUT2D eigenvalue weighted by Crippen LogP contribution is 2.35. The highest BCUT2D eigenvalue weighted by molar-refractivity contribution is 6.45. The maximum atomic E-state index is 13.4. The summed E-state index contributed by atoms with van der Waals surface area (Å²) in [6.45, 7) is 2.19. The Morgan fingerprint density at radius 1 is 0.897 bits per heavy atom. The van der Waals surface area contributed by atoms with E-state index in [1.54, 1.807) is 36.4 Å². The monoisotopic (exact) mass is 411 g/mol. The highest BCUT2D eigenvalue weighted by atomic mass is 35.5. The van der Waals surface area contributed by atoms with Crippen LogP contribution < -0.4 is 9.80 Å². The number of carbonyl (C=O) groups excluding carboxylic acids is 2. The molecule has 150 valence electrons. The van der Waals surface area contributed by atoms with Crippen LogP contribution in [0, 0.1) is 0 Å². The number of hydrogen-bond donors (Lipinski definition) is 0. The standard InChI is InChI=1S/C22H22ClN3O3/c1-24(2)17-7-9-18(10-8-17)26-21(27)19(15-3-5-16(23)6-4-15)20(22(26)28)25-11-13-29-14-12-25/h3-10H,11-14H2,1-2H3. The van der Waals surface area contributed by atoms with Crippen LogP contribution in [0.25, 0.3) is 5.57 Å². The first-order valence-corrected chi connectivity index (χ1v) is 9.84. The van der Waals surface area contributed by atoms with E-state index < -0.39 is 0 Å². The van der Waals surface area contributed by atoms with Crippen molar-refractivity contribution in [3.8, 4) is 0 Å². The number of halogens is 1. The zero-order valence-electron chi connectivity index (χ0n) is 16.4. The molecule has 2 heterocycles. The first kappa shape index (κ1) is 19.5. The Morgan fingerprint density at radius 2 is 1.52 bits per heavy atom. The van der Waals surface area contributed by atoms with Crippen molar-refractivity contribution in [3.05, 3.63) is 64.8 Å². The van der Waals surface area contributed by atoms with Gasteiger partial charge in [0.2, 0.25) is 0 Å². The molecule has 0 aromatic heterocycles. The van der Waals surface area contributed by atoms with E-state index in [4.69, 9.17) is 16.3 Å². The van der Waals surface area contributed by atoms with Crippen molar-refractivity contribution in [1.82, 2.24) is 4.90 Å². The lowest BCUT2D eigenvalue weighted by atomic mass is 10.0. The van der Waals surface area contributed by atoms with Crippen LogP contribution in [-0.2, 0) is 14.3 Å². The minimum absolute atomic E-state index is 0.306. The molecule has 0 saturated carbocycles. The normalized spacial score (nSPS) is 17.3. The van der Waals surface area contributed by atoms with E-state index in [1.807, 2.05) is 36.0 Å². The predicted octanol–water partition coefficient (Wildman–Crippen LogP) is 3.02. The highest BCUT2D eigenvalue weighted by Gasteiger charge is 2.42. The molecule has 6 nitrogen and oxygen atoms in total. The molecule has 1 fully saturated rings. The van der Waals surface area contributed by atoms with Crippen molar-refractivity contribution in [2.75, 3.05) is 50.2 Å².